The first-order valence-corrected chi connectivity index (χ1v) is 10.5. The highest BCUT2D eigenvalue weighted by Crippen LogP contribution is 2.32. The molecule has 0 aliphatic carbocycles. The zero-order valence-electron chi connectivity index (χ0n) is 15.1. The predicted molar refractivity (Wildman–Crippen MR) is 94.9 cm³/mol. The highest BCUT2D eigenvalue weighted by atomic mass is 32.2. The first-order chi connectivity index (χ1) is 12.6. The third kappa shape index (κ3) is 5.34. The molecule has 10 heteroatoms. The van der Waals surface area contributed by atoms with Gasteiger partial charge in [0.15, 0.2) is 0 Å². The number of nitrogens with one attached hydrogen (secondary N) is 2. The van der Waals surface area contributed by atoms with Crippen LogP contribution in [0.4, 0.5) is 13.2 Å². The van der Waals surface area contributed by atoms with Crippen molar-refractivity contribution >= 4 is 10.0 Å². The van der Waals surface area contributed by atoms with Crippen molar-refractivity contribution in [3.63, 3.8) is 0 Å². The summed E-state index contributed by atoms with van der Waals surface area (Å²) in [5.41, 5.74) is 0.430. The van der Waals surface area contributed by atoms with E-state index in [0.29, 0.717) is 39.1 Å². The monoisotopic (exact) mass is 407 g/mol. The van der Waals surface area contributed by atoms with Gasteiger partial charge in [-0.25, -0.2) is 12.7 Å². The summed E-state index contributed by atoms with van der Waals surface area (Å²) in [4.78, 5) is 0. The zero-order valence-corrected chi connectivity index (χ0v) is 15.9. The van der Waals surface area contributed by atoms with Crippen LogP contribution in [0.5, 0.6) is 5.75 Å². The Labute approximate surface area is 157 Å². The van der Waals surface area contributed by atoms with Crippen LogP contribution in [0, 0.1) is 0 Å². The van der Waals surface area contributed by atoms with E-state index in [2.05, 4.69) is 15.4 Å². The minimum Gasteiger partial charge on any atom is -0.406 e. The van der Waals surface area contributed by atoms with E-state index in [1.807, 2.05) is 6.92 Å². The van der Waals surface area contributed by atoms with Crippen LogP contribution in [0.3, 0.4) is 0 Å². The van der Waals surface area contributed by atoms with E-state index in [-0.39, 0.29) is 17.4 Å². The largest absolute Gasteiger partial charge is 0.573 e. The van der Waals surface area contributed by atoms with Crippen LogP contribution < -0.4 is 15.4 Å². The lowest BCUT2D eigenvalue weighted by Crippen LogP contribution is -2.50. The van der Waals surface area contributed by atoms with Gasteiger partial charge in [0.05, 0.1) is 5.75 Å². The Kier molecular flexibility index (Phi) is 5.72. The van der Waals surface area contributed by atoms with Gasteiger partial charge in [0.2, 0.25) is 10.0 Å². The number of halogens is 3. The lowest BCUT2D eigenvalue weighted by molar-refractivity contribution is -0.274. The molecule has 27 heavy (non-hydrogen) atoms. The van der Waals surface area contributed by atoms with Crippen molar-refractivity contribution < 1.29 is 26.3 Å². The van der Waals surface area contributed by atoms with Gasteiger partial charge in [0.25, 0.3) is 0 Å². The number of ether oxygens (including phenoxy) is 1. The third-order valence-electron chi connectivity index (χ3n) is 5.09. The average Bonchev–Trinajstić information content (AvgIpc) is 2.99. The van der Waals surface area contributed by atoms with Crippen LogP contribution in [0.15, 0.2) is 24.3 Å². The van der Waals surface area contributed by atoms with Gasteiger partial charge in [-0.15, -0.1) is 13.2 Å². The molecule has 0 spiro atoms. The number of rotatable bonds is 5. The standard InChI is InChI=1S/C17H24F3N3O3S/c1-16(10-21-12-22-16)11-27(24,25)23-8-6-14(7-9-23)13-2-4-15(5-3-13)26-17(18,19)20/h2-5,14,21-22H,6-12H2,1H3/t16-/m0/s1. The van der Waals surface area contributed by atoms with Gasteiger partial charge in [-0.3, -0.25) is 5.32 Å². The molecule has 1 aromatic carbocycles. The van der Waals surface area contributed by atoms with Crippen molar-refractivity contribution in [1.82, 2.24) is 14.9 Å². The van der Waals surface area contributed by atoms with Gasteiger partial charge in [0, 0.05) is 31.8 Å². The number of benzene rings is 1. The summed E-state index contributed by atoms with van der Waals surface area (Å²) in [6, 6.07) is 5.83. The first-order valence-electron chi connectivity index (χ1n) is 8.86. The molecule has 3 rings (SSSR count). The van der Waals surface area contributed by atoms with E-state index in [1.54, 1.807) is 12.1 Å². The van der Waals surface area contributed by atoms with Crippen molar-refractivity contribution in [2.75, 3.05) is 32.1 Å². The summed E-state index contributed by atoms with van der Waals surface area (Å²) < 4.78 is 67.5. The molecule has 1 atom stereocenters. The lowest BCUT2D eigenvalue weighted by Gasteiger charge is -2.34. The molecule has 152 valence electrons. The Morgan fingerprint density at radius 3 is 2.37 bits per heavy atom. The van der Waals surface area contributed by atoms with E-state index >= 15 is 0 Å². The molecule has 6 nitrogen and oxygen atoms in total. The van der Waals surface area contributed by atoms with Gasteiger partial charge in [0.1, 0.15) is 5.75 Å². The Hall–Kier alpha value is -1.36. The summed E-state index contributed by atoms with van der Waals surface area (Å²) >= 11 is 0. The molecular weight excluding hydrogens is 383 g/mol. The van der Waals surface area contributed by atoms with Crippen LogP contribution in [0.2, 0.25) is 0 Å². The van der Waals surface area contributed by atoms with Crippen molar-refractivity contribution in [2.45, 2.75) is 37.6 Å². The maximum atomic E-state index is 12.7. The van der Waals surface area contributed by atoms with E-state index < -0.39 is 21.9 Å². The van der Waals surface area contributed by atoms with Crippen molar-refractivity contribution in [2.24, 2.45) is 0 Å². The fraction of sp³-hybridized carbons (Fsp3) is 0.647. The molecule has 2 aliphatic heterocycles. The Bertz CT molecular complexity index is 739. The molecular formula is C17H24F3N3O3S. The van der Waals surface area contributed by atoms with E-state index in [4.69, 9.17) is 0 Å². The van der Waals surface area contributed by atoms with Crippen LogP contribution in [0.1, 0.15) is 31.2 Å². The molecule has 2 N–H and O–H groups in total. The number of hydrogen-bond donors (Lipinski definition) is 2. The summed E-state index contributed by atoms with van der Waals surface area (Å²) in [5, 5.41) is 6.29. The van der Waals surface area contributed by atoms with Crippen molar-refractivity contribution in [3.8, 4) is 5.75 Å². The second-order valence-corrected chi connectivity index (χ2v) is 9.36. The molecule has 2 fully saturated rings. The molecule has 0 radical (unpaired) electrons. The second kappa shape index (κ2) is 7.57. The number of nitrogens with zero attached hydrogens (tertiary/aromatic N) is 1. The topological polar surface area (TPSA) is 70.7 Å². The van der Waals surface area contributed by atoms with E-state index in [0.717, 1.165) is 5.56 Å². The smallest absolute Gasteiger partial charge is 0.406 e. The Morgan fingerprint density at radius 2 is 1.85 bits per heavy atom. The Morgan fingerprint density at radius 1 is 1.22 bits per heavy atom. The molecule has 0 saturated carbocycles. The predicted octanol–water partition coefficient (Wildman–Crippen LogP) is 2.00. The van der Waals surface area contributed by atoms with Crippen molar-refractivity contribution in [1.29, 1.82) is 0 Å². The fourth-order valence-electron chi connectivity index (χ4n) is 3.68. The SMILES string of the molecule is C[C@@]1(CS(=O)(=O)N2CCC(c3ccc(OC(F)(F)F)cc3)CC2)CNCN1. The minimum atomic E-state index is -4.71. The summed E-state index contributed by atoms with van der Waals surface area (Å²) in [6.45, 7) is 3.92. The normalized spacial score (nSPS) is 25.6. The van der Waals surface area contributed by atoms with Crippen molar-refractivity contribution in [3.05, 3.63) is 29.8 Å². The molecule has 0 amide bonds. The number of sulfonamides is 1. The number of alkyl halides is 3. The third-order valence-corrected chi connectivity index (χ3v) is 7.24. The lowest BCUT2D eigenvalue weighted by atomic mass is 9.90. The van der Waals surface area contributed by atoms with E-state index in [1.165, 1.54) is 16.4 Å². The fourth-order valence-corrected chi connectivity index (χ4v) is 5.64. The molecule has 0 unspecified atom stereocenters. The highest BCUT2D eigenvalue weighted by Gasteiger charge is 2.37. The molecule has 0 aromatic heterocycles. The summed E-state index contributed by atoms with van der Waals surface area (Å²) in [6.07, 6.45) is -3.43. The van der Waals surface area contributed by atoms with Gasteiger partial charge in [-0.2, -0.15) is 0 Å². The minimum absolute atomic E-state index is 0.0428. The van der Waals surface area contributed by atoms with Crippen LogP contribution in [0.25, 0.3) is 0 Å². The number of hydrogen-bond acceptors (Lipinski definition) is 5. The zero-order chi connectivity index (χ0) is 19.7. The summed E-state index contributed by atoms with van der Waals surface area (Å²) in [7, 11) is -3.37. The maximum absolute atomic E-state index is 12.7. The van der Waals surface area contributed by atoms with Gasteiger partial charge >= 0.3 is 6.36 Å². The molecule has 2 aliphatic rings. The quantitative estimate of drug-likeness (QED) is 0.782. The second-order valence-electron chi connectivity index (χ2n) is 7.39. The van der Waals surface area contributed by atoms with Crippen LogP contribution in [-0.2, 0) is 10.0 Å². The van der Waals surface area contributed by atoms with Gasteiger partial charge in [-0.05, 0) is 43.4 Å². The highest BCUT2D eigenvalue weighted by molar-refractivity contribution is 7.89. The maximum Gasteiger partial charge on any atom is 0.573 e. The summed E-state index contributed by atoms with van der Waals surface area (Å²) in [5.74, 6) is -0.0864. The molecule has 1 aromatic rings. The van der Waals surface area contributed by atoms with Gasteiger partial charge < -0.3 is 10.1 Å². The molecule has 2 heterocycles. The van der Waals surface area contributed by atoms with Crippen LogP contribution >= 0.6 is 0 Å². The number of piperidine rings is 1. The molecule has 0 bridgehead atoms. The average molecular weight is 407 g/mol. The van der Waals surface area contributed by atoms with Crippen LogP contribution in [-0.4, -0.2) is 56.7 Å². The van der Waals surface area contributed by atoms with E-state index in [9.17, 15) is 21.6 Å². The molecule has 2 saturated heterocycles. The Balaban J connectivity index is 1.57. The van der Waals surface area contributed by atoms with Gasteiger partial charge in [-0.1, -0.05) is 12.1 Å². The first kappa shape index (κ1) is 20.4.